The minimum absolute atomic E-state index is 0.234. The van der Waals surface area contributed by atoms with Gasteiger partial charge in [-0.2, -0.15) is 5.26 Å². The van der Waals surface area contributed by atoms with Crippen LogP contribution in [0.4, 0.5) is 0 Å². The third-order valence-electron chi connectivity index (χ3n) is 5.30. The lowest BCUT2D eigenvalue weighted by atomic mass is 9.65. The number of hydrogen-bond acceptors (Lipinski definition) is 1. The molecule has 0 aromatic rings. The van der Waals surface area contributed by atoms with Gasteiger partial charge in [-0.15, -0.1) is 0 Å². The molecule has 0 heterocycles. The summed E-state index contributed by atoms with van der Waals surface area (Å²) < 4.78 is 0. The Hall–Kier alpha value is -0.510. The Kier molecular flexibility index (Phi) is 0.730. The van der Waals surface area contributed by atoms with Gasteiger partial charge in [0, 0.05) is 0 Å². The normalized spacial score (nSPS) is 69.4. The van der Waals surface area contributed by atoms with E-state index in [9.17, 15) is 5.26 Å². The number of nitriles is 1. The van der Waals surface area contributed by atoms with Crippen LogP contribution < -0.4 is 0 Å². The summed E-state index contributed by atoms with van der Waals surface area (Å²) in [5.74, 6) is 4.56. The van der Waals surface area contributed by atoms with Gasteiger partial charge in [0.1, 0.15) is 0 Å². The van der Waals surface area contributed by atoms with Crippen molar-refractivity contribution in [3.05, 3.63) is 0 Å². The third kappa shape index (κ3) is 0.379. The van der Waals surface area contributed by atoms with Gasteiger partial charge in [0.2, 0.25) is 0 Å². The largest absolute Gasteiger partial charge is 0.198 e. The van der Waals surface area contributed by atoms with Crippen molar-refractivity contribution in [1.82, 2.24) is 0 Å². The fraction of sp³-hybridized carbons (Fsp3) is 0.909. The first-order valence-electron chi connectivity index (χ1n) is 5.27. The molecule has 62 valence electrons. The standard InChI is InChI=1S/C11H13N/c12-5-11-8-2-6-1-7(4-8)10(11)9(11)3-6/h6-10H,1-4H2. The molecule has 5 aliphatic rings. The summed E-state index contributed by atoms with van der Waals surface area (Å²) in [5.41, 5.74) is 0.234. The van der Waals surface area contributed by atoms with Gasteiger partial charge in [-0.25, -0.2) is 0 Å². The molecule has 1 heteroatoms. The molecular weight excluding hydrogens is 146 g/mol. The molecule has 0 radical (unpaired) electrons. The fourth-order valence-corrected chi connectivity index (χ4v) is 5.12. The summed E-state index contributed by atoms with van der Waals surface area (Å²) in [7, 11) is 0. The molecule has 0 spiro atoms. The van der Waals surface area contributed by atoms with Gasteiger partial charge in [-0.1, -0.05) is 0 Å². The van der Waals surface area contributed by atoms with Crippen LogP contribution in [0.5, 0.6) is 0 Å². The van der Waals surface area contributed by atoms with Crippen LogP contribution in [0.15, 0.2) is 0 Å². The predicted molar refractivity (Wildman–Crippen MR) is 44.0 cm³/mol. The summed E-state index contributed by atoms with van der Waals surface area (Å²) >= 11 is 0. The Morgan fingerprint density at radius 3 is 2.83 bits per heavy atom. The lowest BCUT2D eigenvalue weighted by Crippen LogP contribution is -2.31. The van der Waals surface area contributed by atoms with Crippen LogP contribution in [-0.4, -0.2) is 0 Å². The maximum absolute atomic E-state index is 9.26. The highest BCUT2D eigenvalue weighted by molar-refractivity contribution is 5.33. The highest BCUT2D eigenvalue weighted by Crippen LogP contribution is 2.81. The van der Waals surface area contributed by atoms with E-state index in [-0.39, 0.29) is 5.41 Å². The predicted octanol–water partition coefficient (Wildman–Crippen LogP) is 2.19. The van der Waals surface area contributed by atoms with Crippen LogP contribution in [0.25, 0.3) is 0 Å². The summed E-state index contributed by atoms with van der Waals surface area (Å²) in [5, 5.41) is 9.26. The molecule has 6 unspecified atom stereocenters. The first kappa shape index (κ1) is 6.02. The van der Waals surface area contributed by atoms with Crippen LogP contribution in [-0.2, 0) is 0 Å². The Labute approximate surface area is 72.8 Å². The Bertz CT molecular complexity index is 299. The van der Waals surface area contributed by atoms with Crippen LogP contribution in [0, 0.1) is 46.3 Å². The molecular formula is C11H13N. The fourth-order valence-electron chi connectivity index (χ4n) is 5.12. The quantitative estimate of drug-likeness (QED) is 0.531. The van der Waals surface area contributed by atoms with Crippen molar-refractivity contribution in [2.75, 3.05) is 0 Å². The maximum atomic E-state index is 9.26. The van der Waals surface area contributed by atoms with E-state index in [0.29, 0.717) is 0 Å². The van der Waals surface area contributed by atoms with E-state index in [1.165, 1.54) is 25.7 Å². The molecule has 5 saturated carbocycles. The van der Waals surface area contributed by atoms with Crippen molar-refractivity contribution in [2.45, 2.75) is 25.7 Å². The first-order chi connectivity index (χ1) is 5.86. The summed E-state index contributed by atoms with van der Waals surface area (Å²) in [6, 6.07) is 2.67. The Morgan fingerprint density at radius 1 is 1.17 bits per heavy atom. The first-order valence-corrected chi connectivity index (χ1v) is 5.27. The second-order valence-electron chi connectivity index (χ2n) is 5.44. The molecule has 6 atom stereocenters. The number of nitrogens with zero attached hydrogens (tertiary/aromatic N) is 1. The monoisotopic (exact) mass is 159 g/mol. The van der Waals surface area contributed by atoms with E-state index in [0.717, 1.165) is 29.6 Å². The number of rotatable bonds is 0. The van der Waals surface area contributed by atoms with Gasteiger partial charge >= 0.3 is 0 Å². The van der Waals surface area contributed by atoms with E-state index in [1.807, 2.05) is 0 Å². The van der Waals surface area contributed by atoms with Gasteiger partial charge < -0.3 is 0 Å². The molecule has 0 N–H and O–H groups in total. The summed E-state index contributed by atoms with van der Waals surface area (Å²) in [4.78, 5) is 0. The Balaban J connectivity index is 1.91. The molecule has 4 bridgehead atoms. The van der Waals surface area contributed by atoms with Gasteiger partial charge in [0.15, 0.2) is 0 Å². The third-order valence-corrected chi connectivity index (χ3v) is 5.30. The average molecular weight is 159 g/mol. The molecule has 5 fully saturated rings. The number of hydrogen-bond donors (Lipinski definition) is 0. The van der Waals surface area contributed by atoms with Crippen LogP contribution in [0.1, 0.15) is 25.7 Å². The lowest BCUT2D eigenvalue weighted by molar-refractivity contribution is 0.114. The average Bonchev–Trinajstić information content (AvgIpc) is 2.68. The van der Waals surface area contributed by atoms with Crippen molar-refractivity contribution in [2.24, 2.45) is 35.0 Å². The zero-order valence-corrected chi connectivity index (χ0v) is 7.16. The van der Waals surface area contributed by atoms with Gasteiger partial charge in [0.25, 0.3) is 0 Å². The van der Waals surface area contributed by atoms with E-state index < -0.39 is 0 Å². The molecule has 0 saturated heterocycles. The Morgan fingerprint density at radius 2 is 2.08 bits per heavy atom. The van der Waals surface area contributed by atoms with Gasteiger partial charge in [-0.3, -0.25) is 0 Å². The molecule has 0 aromatic carbocycles. The molecule has 0 aromatic heterocycles. The van der Waals surface area contributed by atoms with Crippen molar-refractivity contribution in [1.29, 1.82) is 5.26 Å². The molecule has 1 nitrogen and oxygen atoms in total. The lowest BCUT2D eigenvalue weighted by Gasteiger charge is -2.39. The highest BCUT2D eigenvalue weighted by Gasteiger charge is 2.79. The van der Waals surface area contributed by atoms with Crippen molar-refractivity contribution in [3.63, 3.8) is 0 Å². The van der Waals surface area contributed by atoms with Crippen LogP contribution in [0.2, 0.25) is 0 Å². The molecule has 5 aliphatic carbocycles. The molecule has 5 rings (SSSR count). The highest BCUT2D eigenvalue weighted by atomic mass is 14.8. The van der Waals surface area contributed by atoms with E-state index in [1.54, 1.807) is 0 Å². The van der Waals surface area contributed by atoms with Crippen molar-refractivity contribution < 1.29 is 0 Å². The zero-order valence-electron chi connectivity index (χ0n) is 7.16. The topological polar surface area (TPSA) is 23.8 Å². The van der Waals surface area contributed by atoms with Crippen molar-refractivity contribution >= 4 is 0 Å². The molecule has 12 heavy (non-hydrogen) atoms. The van der Waals surface area contributed by atoms with E-state index in [2.05, 4.69) is 6.07 Å². The maximum Gasteiger partial charge on any atom is 0.0698 e. The van der Waals surface area contributed by atoms with E-state index >= 15 is 0 Å². The SMILES string of the molecule is N#CC12C3CC4CC(C3)C1C2C4. The minimum Gasteiger partial charge on any atom is -0.198 e. The van der Waals surface area contributed by atoms with E-state index in [4.69, 9.17) is 0 Å². The zero-order chi connectivity index (χ0) is 7.92. The van der Waals surface area contributed by atoms with Gasteiger partial charge in [0.05, 0.1) is 11.5 Å². The van der Waals surface area contributed by atoms with Crippen LogP contribution in [0.3, 0.4) is 0 Å². The molecule has 0 aliphatic heterocycles. The second-order valence-corrected chi connectivity index (χ2v) is 5.44. The summed E-state index contributed by atoms with van der Waals surface area (Å²) in [6.45, 7) is 0. The van der Waals surface area contributed by atoms with Crippen LogP contribution >= 0.6 is 0 Å². The smallest absolute Gasteiger partial charge is 0.0698 e. The minimum atomic E-state index is 0.234. The van der Waals surface area contributed by atoms with Crippen molar-refractivity contribution in [3.8, 4) is 6.07 Å². The molecule has 0 amide bonds. The van der Waals surface area contributed by atoms with Gasteiger partial charge in [-0.05, 0) is 55.3 Å². The second kappa shape index (κ2) is 1.45. The summed E-state index contributed by atoms with van der Waals surface area (Å²) in [6.07, 6.45) is 5.69.